The van der Waals surface area contributed by atoms with Crippen LogP contribution in [0, 0.1) is 0 Å². The van der Waals surface area contributed by atoms with E-state index >= 15 is 0 Å². The number of likely N-dealkylation sites (tertiary alicyclic amines) is 1. The van der Waals surface area contributed by atoms with Crippen LogP contribution < -0.4 is 10.6 Å². The second-order valence-electron chi connectivity index (χ2n) is 5.91. The molecule has 0 aromatic heterocycles. The molecule has 4 nitrogen and oxygen atoms in total. The van der Waals surface area contributed by atoms with Crippen molar-refractivity contribution in [2.75, 3.05) is 26.2 Å². The fourth-order valence-corrected chi connectivity index (χ4v) is 2.11. The van der Waals surface area contributed by atoms with Crippen LogP contribution in [-0.2, 0) is 4.79 Å². The van der Waals surface area contributed by atoms with Crippen molar-refractivity contribution in [1.29, 1.82) is 0 Å². The minimum Gasteiger partial charge on any atom is -0.343 e. The number of piperidine rings is 1. The van der Waals surface area contributed by atoms with Gasteiger partial charge in [-0.2, -0.15) is 0 Å². The highest BCUT2D eigenvalue weighted by Crippen LogP contribution is 2.09. The third kappa shape index (κ3) is 6.03. The average Bonchev–Trinajstić information content (AvgIpc) is 2.24. The Labute approximate surface area is 105 Å². The van der Waals surface area contributed by atoms with Crippen LogP contribution in [0.25, 0.3) is 0 Å². The zero-order chi connectivity index (χ0) is 12.9. The van der Waals surface area contributed by atoms with Gasteiger partial charge in [0.15, 0.2) is 0 Å². The number of carbonyl (C=O) groups excluding carboxylic acids is 1. The van der Waals surface area contributed by atoms with E-state index in [9.17, 15) is 4.79 Å². The van der Waals surface area contributed by atoms with Crippen LogP contribution in [0.4, 0.5) is 0 Å². The number of rotatable bonds is 4. The lowest BCUT2D eigenvalue weighted by Gasteiger charge is -2.32. The first-order valence-corrected chi connectivity index (χ1v) is 6.62. The second kappa shape index (κ2) is 6.36. The van der Waals surface area contributed by atoms with Gasteiger partial charge in [-0.15, -0.1) is 0 Å². The standard InChI is InChI=1S/C13H27N3O/c1-11(17)16-9-5-12(6-10-16)14-7-8-15-13(2,3)4/h12,14-15H,5-10H2,1-4H3. The van der Waals surface area contributed by atoms with Crippen molar-refractivity contribution in [1.82, 2.24) is 15.5 Å². The highest BCUT2D eigenvalue weighted by atomic mass is 16.2. The van der Waals surface area contributed by atoms with Crippen molar-refractivity contribution >= 4 is 5.91 Å². The lowest BCUT2D eigenvalue weighted by atomic mass is 10.1. The van der Waals surface area contributed by atoms with Gasteiger partial charge >= 0.3 is 0 Å². The number of nitrogens with zero attached hydrogens (tertiary/aromatic N) is 1. The van der Waals surface area contributed by atoms with E-state index in [4.69, 9.17) is 0 Å². The summed E-state index contributed by atoms with van der Waals surface area (Å²) in [5.41, 5.74) is 0.194. The summed E-state index contributed by atoms with van der Waals surface area (Å²) in [5, 5.41) is 7.01. The lowest BCUT2D eigenvalue weighted by Crippen LogP contribution is -2.47. The summed E-state index contributed by atoms with van der Waals surface area (Å²) in [5.74, 6) is 0.206. The summed E-state index contributed by atoms with van der Waals surface area (Å²) < 4.78 is 0. The molecule has 1 aliphatic heterocycles. The van der Waals surface area contributed by atoms with E-state index in [-0.39, 0.29) is 11.4 Å². The molecule has 0 aromatic rings. The van der Waals surface area contributed by atoms with E-state index in [1.54, 1.807) is 6.92 Å². The topological polar surface area (TPSA) is 44.4 Å². The zero-order valence-corrected chi connectivity index (χ0v) is 11.7. The molecule has 0 unspecified atom stereocenters. The highest BCUT2D eigenvalue weighted by Gasteiger charge is 2.19. The first-order chi connectivity index (χ1) is 7.88. The molecule has 4 heteroatoms. The predicted octanol–water partition coefficient (Wildman–Crippen LogP) is 0.975. The van der Waals surface area contributed by atoms with Crippen molar-refractivity contribution in [3.8, 4) is 0 Å². The molecule has 1 fully saturated rings. The first-order valence-electron chi connectivity index (χ1n) is 6.62. The van der Waals surface area contributed by atoms with E-state index in [1.807, 2.05) is 4.90 Å². The normalized spacial score (nSPS) is 18.5. The van der Waals surface area contributed by atoms with Gasteiger partial charge in [-0.1, -0.05) is 0 Å². The summed E-state index contributed by atoms with van der Waals surface area (Å²) in [7, 11) is 0. The fourth-order valence-electron chi connectivity index (χ4n) is 2.11. The molecule has 0 bridgehead atoms. The summed E-state index contributed by atoms with van der Waals surface area (Å²) in [4.78, 5) is 13.1. The highest BCUT2D eigenvalue weighted by molar-refractivity contribution is 5.73. The summed E-state index contributed by atoms with van der Waals surface area (Å²) in [6.07, 6.45) is 2.16. The van der Waals surface area contributed by atoms with Gasteiger partial charge in [0.2, 0.25) is 5.91 Å². The van der Waals surface area contributed by atoms with Gasteiger partial charge in [-0.05, 0) is 33.6 Å². The monoisotopic (exact) mass is 241 g/mol. The second-order valence-corrected chi connectivity index (χ2v) is 5.91. The molecule has 0 saturated carbocycles. The van der Waals surface area contributed by atoms with E-state index in [2.05, 4.69) is 31.4 Å². The van der Waals surface area contributed by atoms with Gasteiger partial charge in [0, 0.05) is 44.7 Å². The Bertz CT molecular complexity index is 240. The maximum atomic E-state index is 11.2. The van der Waals surface area contributed by atoms with Crippen LogP contribution in [-0.4, -0.2) is 48.6 Å². The van der Waals surface area contributed by atoms with Crippen LogP contribution in [0.3, 0.4) is 0 Å². The Morgan fingerprint density at radius 3 is 2.29 bits per heavy atom. The van der Waals surface area contributed by atoms with Crippen molar-refractivity contribution in [3.63, 3.8) is 0 Å². The summed E-state index contributed by atoms with van der Waals surface area (Å²) >= 11 is 0. The van der Waals surface area contributed by atoms with Crippen LogP contribution in [0.2, 0.25) is 0 Å². The van der Waals surface area contributed by atoms with Gasteiger partial charge in [-0.3, -0.25) is 4.79 Å². The zero-order valence-electron chi connectivity index (χ0n) is 11.7. The maximum absolute atomic E-state index is 11.2. The average molecular weight is 241 g/mol. The first kappa shape index (κ1) is 14.5. The number of amides is 1. The van der Waals surface area contributed by atoms with Gasteiger partial charge in [0.1, 0.15) is 0 Å². The molecule has 1 heterocycles. The van der Waals surface area contributed by atoms with Crippen LogP contribution in [0.5, 0.6) is 0 Å². The van der Waals surface area contributed by atoms with Crippen LogP contribution >= 0.6 is 0 Å². The number of carbonyl (C=O) groups is 1. The third-order valence-electron chi connectivity index (χ3n) is 3.15. The van der Waals surface area contributed by atoms with Gasteiger partial charge in [0.05, 0.1) is 0 Å². The molecule has 17 heavy (non-hydrogen) atoms. The largest absolute Gasteiger partial charge is 0.343 e. The SMILES string of the molecule is CC(=O)N1CCC(NCCNC(C)(C)C)CC1. The molecule has 1 aliphatic rings. The Morgan fingerprint density at radius 2 is 1.82 bits per heavy atom. The third-order valence-corrected chi connectivity index (χ3v) is 3.15. The molecule has 2 N–H and O–H groups in total. The molecular weight excluding hydrogens is 214 g/mol. The molecule has 100 valence electrons. The molecule has 0 atom stereocenters. The van der Waals surface area contributed by atoms with Crippen molar-refractivity contribution in [3.05, 3.63) is 0 Å². The molecule has 0 radical (unpaired) electrons. The molecule has 0 aromatic carbocycles. The number of hydrogen-bond donors (Lipinski definition) is 2. The Kier molecular flexibility index (Phi) is 5.40. The van der Waals surface area contributed by atoms with E-state index < -0.39 is 0 Å². The summed E-state index contributed by atoms with van der Waals surface area (Å²) in [6, 6.07) is 0.576. The van der Waals surface area contributed by atoms with E-state index in [0.717, 1.165) is 39.0 Å². The van der Waals surface area contributed by atoms with Crippen LogP contribution in [0.15, 0.2) is 0 Å². The molecule has 1 amide bonds. The molecule has 0 aliphatic carbocycles. The van der Waals surface area contributed by atoms with Crippen molar-refractivity contribution in [2.45, 2.75) is 52.1 Å². The fraction of sp³-hybridized carbons (Fsp3) is 0.923. The van der Waals surface area contributed by atoms with Crippen molar-refractivity contribution in [2.24, 2.45) is 0 Å². The quantitative estimate of drug-likeness (QED) is 0.721. The molecule has 1 saturated heterocycles. The Balaban J connectivity index is 2.09. The minimum absolute atomic E-state index is 0.194. The summed E-state index contributed by atoms with van der Waals surface area (Å²) in [6.45, 7) is 12.0. The predicted molar refractivity (Wildman–Crippen MR) is 71.0 cm³/mol. The molecular formula is C13H27N3O. The van der Waals surface area contributed by atoms with E-state index in [1.165, 1.54) is 0 Å². The Hall–Kier alpha value is -0.610. The Morgan fingerprint density at radius 1 is 1.24 bits per heavy atom. The van der Waals surface area contributed by atoms with Gasteiger partial charge in [-0.25, -0.2) is 0 Å². The maximum Gasteiger partial charge on any atom is 0.219 e. The van der Waals surface area contributed by atoms with Crippen molar-refractivity contribution < 1.29 is 4.79 Å². The number of nitrogens with one attached hydrogen (secondary N) is 2. The van der Waals surface area contributed by atoms with Crippen LogP contribution in [0.1, 0.15) is 40.5 Å². The smallest absolute Gasteiger partial charge is 0.219 e. The van der Waals surface area contributed by atoms with Gasteiger partial charge in [0.25, 0.3) is 0 Å². The minimum atomic E-state index is 0.194. The van der Waals surface area contributed by atoms with E-state index in [0.29, 0.717) is 6.04 Å². The lowest BCUT2D eigenvalue weighted by molar-refractivity contribution is -0.129. The number of hydrogen-bond acceptors (Lipinski definition) is 3. The molecule has 0 spiro atoms. The van der Waals surface area contributed by atoms with Gasteiger partial charge < -0.3 is 15.5 Å². The molecule has 1 rings (SSSR count).